The second-order valence-electron chi connectivity index (χ2n) is 7.50. The van der Waals surface area contributed by atoms with E-state index in [0.29, 0.717) is 18.7 Å². The van der Waals surface area contributed by atoms with Gasteiger partial charge in [-0.05, 0) is 31.0 Å². The molecule has 3 aromatic rings. The zero-order valence-electron chi connectivity index (χ0n) is 15.9. The van der Waals surface area contributed by atoms with Crippen molar-refractivity contribution < 1.29 is 4.79 Å². The minimum absolute atomic E-state index is 0.0534. The molecule has 1 amide bonds. The molecule has 1 N–H and O–H groups in total. The lowest BCUT2D eigenvalue weighted by Crippen LogP contribution is -2.56. The average Bonchev–Trinajstić information content (AvgIpc) is 3.35. The van der Waals surface area contributed by atoms with Crippen molar-refractivity contribution in [2.45, 2.75) is 24.9 Å². The van der Waals surface area contributed by atoms with Gasteiger partial charge in [0.2, 0.25) is 0 Å². The predicted molar refractivity (Wildman–Crippen MR) is 103 cm³/mol. The van der Waals surface area contributed by atoms with Crippen LogP contribution in [0.4, 0.5) is 0 Å². The van der Waals surface area contributed by atoms with E-state index in [-0.39, 0.29) is 11.4 Å². The molecule has 8 heteroatoms. The molecule has 144 valence electrons. The van der Waals surface area contributed by atoms with Gasteiger partial charge >= 0.3 is 0 Å². The van der Waals surface area contributed by atoms with E-state index < -0.39 is 0 Å². The van der Waals surface area contributed by atoms with E-state index in [1.54, 1.807) is 18.5 Å². The number of fused-ring (bicyclic) bond motifs is 2. The van der Waals surface area contributed by atoms with Gasteiger partial charge in [-0.1, -0.05) is 0 Å². The Morgan fingerprint density at radius 3 is 2.68 bits per heavy atom. The molecule has 0 saturated carbocycles. The molecule has 0 atom stereocenters. The molecule has 2 aliphatic rings. The largest absolute Gasteiger partial charge is 0.338 e. The van der Waals surface area contributed by atoms with Crippen LogP contribution in [-0.2, 0) is 19.1 Å². The number of nitrogens with one attached hydrogen (secondary N) is 1. The quantitative estimate of drug-likeness (QED) is 0.730. The van der Waals surface area contributed by atoms with Gasteiger partial charge in [0, 0.05) is 51.8 Å². The molecular formula is C20H23N7O. The van der Waals surface area contributed by atoms with Crippen LogP contribution < -0.4 is 5.32 Å². The third-order valence-corrected chi connectivity index (χ3v) is 5.98. The van der Waals surface area contributed by atoms with Gasteiger partial charge in [-0.15, -0.1) is 0 Å². The maximum Gasteiger partial charge on any atom is 0.255 e. The molecule has 2 aliphatic heterocycles. The monoisotopic (exact) mass is 377 g/mol. The zero-order valence-corrected chi connectivity index (χ0v) is 15.9. The summed E-state index contributed by atoms with van der Waals surface area (Å²) in [6, 6.07) is 5.65. The van der Waals surface area contributed by atoms with Crippen LogP contribution in [0.3, 0.4) is 0 Å². The van der Waals surface area contributed by atoms with Gasteiger partial charge in [0.1, 0.15) is 5.82 Å². The van der Waals surface area contributed by atoms with Gasteiger partial charge in [-0.3, -0.25) is 14.5 Å². The summed E-state index contributed by atoms with van der Waals surface area (Å²) in [5, 5.41) is 8.00. The fourth-order valence-electron chi connectivity index (χ4n) is 4.46. The number of carbonyl (C=O) groups is 1. The van der Waals surface area contributed by atoms with E-state index in [9.17, 15) is 4.79 Å². The van der Waals surface area contributed by atoms with E-state index in [0.717, 1.165) is 43.1 Å². The SMILES string of the molecule is Cn1nccc1-c1cnc2n1CCNC21CCN(C(=O)c2cccnc2)CC1. The number of hydrogen-bond acceptors (Lipinski definition) is 5. The van der Waals surface area contributed by atoms with Gasteiger partial charge in [0.15, 0.2) is 0 Å². The minimum atomic E-state index is -0.180. The van der Waals surface area contributed by atoms with Gasteiger partial charge in [0.25, 0.3) is 5.91 Å². The van der Waals surface area contributed by atoms with E-state index >= 15 is 0 Å². The average molecular weight is 377 g/mol. The summed E-state index contributed by atoms with van der Waals surface area (Å²) in [4.78, 5) is 23.5. The van der Waals surface area contributed by atoms with Gasteiger partial charge in [0.05, 0.1) is 28.7 Å². The van der Waals surface area contributed by atoms with E-state index in [4.69, 9.17) is 4.98 Å². The number of hydrogen-bond donors (Lipinski definition) is 1. The minimum Gasteiger partial charge on any atom is -0.338 e. The molecule has 0 unspecified atom stereocenters. The zero-order chi connectivity index (χ0) is 19.1. The topological polar surface area (TPSA) is 80.9 Å². The number of pyridine rings is 1. The smallest absolute Gasteiger partial charge is 0.255 e. The van der Waals surface area contributed by atoms with Gasteiger partial charge in [-0.2, -0.15) is 5.10 Å². The molecule has 1 spiro atoms. The third kappa shape index (κ3) is 2.63. The van der Waals surface area contributed by atoms with Crippen molar-refractivity contribution in [3.05, 3.63) is 54.4 Å². The van der Waals surface area contributed by atoms with Crippen LogP contribution in [0.2, 0.25) is 0 Å². The Morgan fingerprint density at radius 1 is 1.11 bits per heavy atom. The van der Waals surface area contributed by atoms with E-state index in [2.05, 4.69) is 20.0 Å². The first-order valence-electron chi connectivity index (χ1n) is 9.67. The molecule has 0 aromatic carbocycles. The molecule has 5 heterocycles. The summed E-state index contributed by atoms with van der Waals surface area (Å²) in [7, 11) is 1.95. The summed E-state index contributed by atoms with van der Waals surface area (Å²) < 4.78 is 4.19. The number of aryl methyl sites for hydroxylation is 1. The number of aromatic nitrogens is 5. The standard InChI is InChI=1S/C20H23N7O/c1-25-16(4-8-24-25)17-14-22-19-20(23-9-12-27(17)19)5-10-26(11-6-20)18(28)15-3-2-7-21-13-15/h2-4,7-8,13-14,23H,5-6,9-12H2,1H3. The number of amides is 1. The molecule has 28 heavy (non-hydrogen) atoms. The molecule has 3 aromatic heterocycles. The second-order valence-corrected chi connectivity index (χ2v) is 7.50. The predicted octanol–water partition coefficient (Wildman–Crippen LogP) is 1.41. The Hall–Kier alpha value is -3.00. The van der Waals surface area contributed by atoms with Crippen LogP contribution in [0.5, 0.6) is 0 Å². The first kappa shape index (κ1) is 17.1. The van der Waals surface area contributed by atoms with Crippen LogP contribution >= 0.6 is 0 Å². The third-order valence-electron chi connectivity index (χ3n) is 5.98. The molecule has 0 bridgehead atoms. The van der Waals surface area contributed by atoms with Crippen LogP contribution in [0.15, 0.2) is 43.0 Å². The van der Waals surface area contributed by atoms with Crippen molar-refractivity contribution in [3.63, 3.8) is 0 Å². The number of nitrogens with zero attached hydrogens (tertiary/aromatic N) is 6. The normalized spacial score (nSPS) is 18.2. The molecule has 0 radical (unpaired) electrons. The summed E-state index contributed by atoms with van der Waals surface area (Å²) in [5.74, 6) is 1.13. The Morgan fingerprint density at radius 2 is 1.96 bits per heavy atom. The number of imidazole rings is 1. The Balaban J connectivity index is 1.40. The summed E-state index contributed by atoms with van der Waals surface area (Å²) in [5.41, 5.74) is 2.64. The fourth-order valence-corrected chi connectivity index (χ4v) is 4.46. The Bertz CT molecular complexity index is 999. The number of carbonyl (C=O) groups excluding carboxylic acids is 1. The van der Waals surface area contributed by atoms with Crippen molar-refractivity contribution in [3.8, 4) is 11.4 Å². The van der Waals surface area contributed by atoms with Crippen molar-refractivity contribution >= 4 is 5.91 Å². The second kappa shape index (κ2) is 6.56. The number of piperidine rings is 1. The molecule has 0 aliphatic carbocycles. The molecule has 5 rings (SSSR count). The van der Waals surface area contributed by atoms with Crippen molar-refractivity contribution in [1.82, 2.24) is 34.5 Å². The molecule has 8 nitrogen and oxygen atoms in total. The van der Waals surface area contributed by atoms with E-state index in [1.807, 2.05) is 41.2 Å². The highest BCUT2D eigenvalue weighted by Gasteiger charge is 2.43. The maximum absolute atomic E-state index is 12.7. The summed E-state index contributed by atoms with van der Waals surface area (Å²) in [6.07, 6.45) is 8.79. The Kier molecular flexibility index (Phi) is 4.01. The summed E-state index contributed by atoms with van der Waals surface area (Å²) in [6.45, 7) is 3.18. The highest BCUT2D eigenvalue weighted by molar-refractivity contribution is 5.93. The lowest BCUT2D eigenvalue weighted by atomic mass is 9.85. The first-order chi connectivity index (χ1) is 13.7. The van der Waals surface area contributed by atoms with E-state index in [1.165, 1.54) is 0 Å². The fraction of sp³-hybridized carbons (Fsp3) is 0.400. The van der Waals surface area contributed by atoms with Crippen molar-refractivity contribution in [2.75, 3.05) is 19.6 Å². The van der Waals surface area contributed by atoms with Crippen LogP contribution in [0.25, 0.3) is 11.4 Å². The van der Waals surface area contributed by atoms with Crippen molar-refractivity contribution in [2.24, 2.45) is 7.05 Å². The summed E-state index contributed by atoms with van der Waals surface area (Å²) >= 11 is 0. The molecular weight excluding hydrogens is 354 g/mol. The van der Waals surface area contributed by atoms with Crippen molar-refractivity contribution in [1.29, 1.82) is 0 Å². The first-order valence-corrected chi connectivity index (χ1v) is 9.67. The van der Waals surface area contributed by atoms with Crippen LogP contribution in [0.1, 0.15) is 29.0 Å². The van der Waals surface area contributed by atoms with Gasteiger partial charge < -0.3 is 14.8 Å². The Labute approximate surface area is 163 Å². The maximum atomic E-state index is 12.7. The van der Waals surface area contributed by atoms with Crippen LogP contribution in [0, 0.1) is 0 Å². The molecule has 1 saturated heterocycles. The molecule has 1 fully saturated rings. The number of likely N-dealkylation sites (tertiary alicyclic amines) is 1. The lowest BCUT2D eigenvalue weighted by Gasteiger charge is -2.44. The number of rotatable bonds is 2. The highest BCUT2D eigenvalue weighted by Crippen LogP contribution is 2.36. The highest BCUT2D eigenvalue weighted by atomic mass is 16.2. The van der Waals surface area contributed by atoms with Crippen LogP contribution in [-0.4, -0.2) is 54.8 Å². The lowest BCUT2D eigenvalue weighted by molar-refractivity contribution is 0.0606. The van der Waals surface area contributed by atoms with Gasteiger partial charge in [-0.25, -0.2) is 4.98 Å².